The minimum Gasteiger partial charge on any atom is -0.369 e. The fourth-order valence-corrected chi connectivity index (χ4v) is 7.81. The summed E-state index contributed by atoms with van der Waals surface area (Å²) in [5, 5.41) is 25.0. The van der Waals surface area contributed by atoms with Gasteiger partial charge in [-0.1, -0.05) is 70.8 Å². The Morgan fingerprint density at radius 3 is 0.674 bits per heavy atom. The van der Waals surface area contributed by atoms with Gasteiger partial charge >= 0.3 is 0 Å². The van der Waals surface area contributed by atoms with Crippen LogP contribution in [0.2, 0.25) is 0 Å². The van der Waals surface area contributed by atoms with Gasteiger partial charge in [-0.3, -0.25) is 0 Å². The molecule has 0 aliphatic carbocycles. The summed E-state index contributed by atoms with van der Waals surface area (Å²) in [7, 11) is 0. The molecule has 0 saturated heterocycles. The molecule has 4 rings (SSSR count). The molecule has 0 aromatic heterocycles. The Labute approximate surface area is 276 Å². The summed E-state index contributed by atoms with van der Waals surface area (Å²) in [6, 6.07) is 16.6. The Kier molecular flexibility index (Phi) is 9.76. The van der Waals surface area contributed by atoms with Crippen LogP contribution in [0.5, 0.6) is 0 Å². The highest BCUT2D eigenvalue weighted by atomic mass is 16.3. The molecule has 0 fully saturated rings. The number of aryl methyl sites for hydroxylation is 12. The van der Waals surface area contributed by atoms with E-state index in [2.05, 4.69) is 112 Å². The van der Waals surface area contributed by atoms with Gasteiger partial charge in [-0.05, 0) is 163 Å². The van der Waals surface area contributed by atoms with Gasteiger partial charge in [0.2, 0.25) is 0 Å². The molecular weight excluding hydrogens is 560 g/mol. The molecule has 0 bridgehead atoms. The van der Waals surface area contributed by atoms with Crippen molar-refractivity contribution >= 4 is 0 Å². The summed E-state index contributed by atoms with van der Waals surface area (Å²) in [6.07, 6.45) is 0. The highest BCUT2D eigenvalue weighted by molar-refractivity contribution is 5.60. The van der Waals surface area contributed by atoms with Crippen LogP contribution < -0.4 is 0 Å². The summed E-state index contributed by atoms with van der Waals surface area (Å²) in [4.78, 5) is 0. The van der Waals surface area contributed by atoms with E-state index in [1.807, 2.05) is 55.4 Å². The van der Waals surface area contributed by atoms with Crippen molar-refractivity contribution in [2.75, 3.05) is 0 Å². The molecule has 0 atom stereocenters. The second-order valence-corrected chi connectivity index (χ2v) is 13.3. The van der Waals surface area contributed by atoms with Crippen LogP contribution in [0, 0.1) is 119 Å². The van der Waals surface area contributed by atoms with Crippen LogP contribution in [0.25, 0.3) is 0 Å². The normalized spacial score (nSPS) is 11.2. The van der Waals surface area contributed by atoms with Crippen molar-refractivity contribution < 1.29 is 10.2 Å². The number of hydrogen-bond acceptors (Lipinski definition) is 2. The van der Waals surface area contributed by atoms with Gasteiger partial charge in [0.05, 0.1) is 0 Å². The summed E-state index contributed by atoms with van der Waals surface area (Å²) in [5.74, 6) is 17.9. The minimum atomic E-state index is -1.57. The van der Waals surface area contributed by atoms with E-state index < -0.39 is 11.2 Å². The lowest BCUT2D eigenvalue weighted by Crippen LogP contribution is -2.30. The average Bonchev–Trinajstić information content (AvgIpc) is 2.88. The molecule has 0 amide bonds. The Morgan fingerprint density at radius 1 is 0.326 bits per heavy atom. The molecule has 4 aromatic rings. The van der Waals surface area contributed by atoms with Crippen LogP contribution in [0.1, 0.15) is 89.0 Å². The van der Waals surface area contributed by atoms with E-state index in [0.29, 0.717) is 0 Å². The molecule has 2 nitrogen and oxygen atoms in total. The first kappa shape index (κ1) is 34.4. The first-order chi connectivity index (χ1) is 21.5. The van der Waals surface area contributed by atoms with Gasteiger partial charge in [0.1, 0.15) is 0 Å². The third-order valence-electron chi connectivity index (χ3n) is 8.83. The largest absolute Gasteiger partial charge is 0.369 e. The van der Waals surface area contributed by atoms with Crippen molar-refractivity contribution in [3.8, 4) is 35.5 Å². The fraction of sp³-hybridized carbons (Fsp3) is 0.318. The molecule has 0 unspecified atom stereocenters. The molecule has 2 heteroatoms. The smallest absolute Gasteiger partial charge is 0.178 e. The zero-order valence-electron chi connectivity index (χ0n) is 29.5. The summed E-state index contributed by atoms with van der Waals surface area (Å²) in [5.41, 5.74) is 12.3. The van der Waals surface area contributed by atoms with Gasteiger partial charge in [-0.15, -0.1) is 0 Å². The first-order valence-corrected chi connectivity index (χ1v) is 15.8. The quantitative estimate of drug-likeness (QED) is 0.229. The highest BCUT2D eigenvalue weighted by Crippen LogP contribution is 2.39. The van der Waals surface area contributed by atoms with E-state index in [-0.39, 0.29) is 0 Å². The lowest BCUT2D eigenvalue weighted by Gasteiger charge is -2.30. The fourth-order valence-electron chi connectivity index (χ4n) is 7.81. The highest BCUT2D eigenvalue weighted by Gasteiger charge is 2.37. The zero-order valence-corrected chi connectivity index (χ0v) is 29.5. The molecule has 4 aromatic carbocycles. The maximum atomic E-state index is 12.5. The Hall–Kier alpha value is -4.52. The van der Waals surface area contributed by atoms with E-state index in [0.717, 1.165) is 89.0 Å². The Balaban J connectivity index is 1.91. The molecule has 0 spiro atoms. The maximum Gasteiger partial charge on any atom is 0.178 e. The summed E-state index contributed by atoms with van der Waals surface area (Å²) < 4.78 is 0. The van der Waals surface area contributed by atoms with E-state index in [1.54, 1.807) is 0 Å². The standard InChI is InChI=1S/C44H46O2/c1-27-19-31(5)39(32(6)20-27)43(45,40-33(7)21-28(2)22-34(40)8)17-15-13-14-16-18-44(46,41-35(9)23-29(3)24-36(41)10)42-37(11)25-30(4)26-38(42)12/h19-26,45-46H,1-12H3. The molecule has 2 N–H and O–H groups in total. The predicted octanol–water partition coefficient (Wildman–Crippen LogP) is 8.57. The average molecular weight is 607 g/mol. The number of aliphatic hydroxyl groups is 2. The summed E-state index contributed by atoms with van der Waals surface area (Å²) in [6.45, 7) is 24.4. The molecule has 0 aliphatic heterocycles. The Bertz CT molecular complexity index is 1700. The van der Waals surface area contributed by atoms with Gasteiger partial charge in [0.25, 0.3) is 0 Å². The zero-order chi connectivity index (χ0) is 34.1. The lowest BCUT2D eigenvalue weighted by atomic mass is 9.77. The van der Waals surface area contributed by atoms with Crippen LogP contribution in [-0.4, -0.2) is 10.2 Å². The van der Waals surface area contributed by atoms with Gasteiger partial charge in [0, 0.05) is 22.3 Å². The topological polar surface area (TPSA) is 40.5 Å². The molecule has 0 aliphatic rings. The van der Waals surface area contributed by atoms with Crippen molar-refractivity contribution in [1.29, 1.82) is 0 Å². The van der Waals surface area contributed by atoms with Crippen LogP contribution in [0.4, 0.5) is 0 Å². The van der Waals surface area contributed by atoms with Crippen molar-refractivity contribution in [3.05, 3.63) is 138 Å². The third kappa shape index (κ3) is 6.55. The monoisotopic (exact) mass is 606 g/mol. The second-order valence-electron chi connectivity index (χ2n) is 13.3. The predicted molar refractivity (Wildman–Crippen MR) is 192 cm³/mol. The Morgan fingerprint density at radius 2 is 0.500 bits per heavy atom. The van der Waals surface area contributed by atoms with Crippen LogP contribution in [0.3, 0.4) is 0 Å². The van der Waals surface area contributed by atoms with Crippen molar-refractivity contribution in [1.82, 2.24) is 0 Å². The number of benzene rings is 4. The molecule has 0 saturated carbocycles. The molecule has 0 heterocycles. The van der Waals surface area contributed by atoms with Gasteiger partial charge in [-0.25, -0.2) is 0 Å². The van der Waals surface area contributed by atoms with E-state index in [4.69, 9.17) is 0 Å². The third-order valence-corrected chi connectivity index (χ3v) is 8.83. The van der Waals surface area contributed by atoms with Crippen LogP contribution in [0.15, 0.2) is 48.5 Å². The molecule has 46 heavy (non-hydrogen) atoms. The van der Waals surface area contributed by atoms with Crippen molar-refractivity contribution in [2.45, 2.75) is 94.3 Å². The SMILES string of the molecule is Cc1cc(C)c(C(O)(C#CC#CC#CC(O)(c2c(C)cc(C)cc2C)c2c(C)cc(C)cc2C)c2c(C)cc(C)cc2C)c(C)c1. The lowest BCUT2D eigenvalue weighted by molar-refractivity contribution is 0.142. The second kappa shape index (κ2) is 13.1. The number of rotatable bonds is 4. The van der Waals surface area contributed by atoms with E-state index in [9.17, 15) is 10.2 Å². The van der Waals surface area contributed by atoms with E-state index in [1.165, 1.54) is 0 Å². The number of hydrogen-bond donors (Lipinski definition) is 2. The van der Waals surface area contributed by atoms with Crippen LogP contribution in [-0.2, 0) is 11.2 Å². The van der Waals surface area contributed by atoms with Crippen molar-refractivity contribution in [3.63, 3.8) is 0 Å². The molecular formula is C44H46O2. The minimum absolute atomic E-state index is 0.776. The van der Waals surface area contributed by atoms with Gasteiger partial charge < -0.3 is 10.2 Å². The molecule has 234 valence electrons. The first-order valence-electron chi connectivity index (χ1n) is 15.8. The van der Waals surface area contributed by atoms with E-state index >= 15 is 0 Å². The van der Waals surface area contributed by atoms with Gasteiger partial charge in [-0.2, -0.15) is 0 Å². The molecule has 0 radical (unpaired) electrons. The maximum absolute atomic E-state index is 12.5. The van der Waals surface area contributed by atoms with Crippen LogP contribution >= 0.6 is 0 Å². The van der Waals surface area contributed by atoms with Gasteiger partial charge in [0.15, 0.2) is 11.2 Å². The summed E-state index contributed by atoms with van der Waals surface area (Å²) >= 11 is 0. The van der Waals surface area contributed by atoms with Crippen molar-refractivity contribution in [2.24, 2.45) is 0 Å².